The van der Waals surface area contributed by atoms with Gasteiger partial charge in [-0.15, -0.1) is 0 Å². The second-order valence-corrected chi connectivity index (χ2v) is 16.3. The minimum absolute atomic E-state index is 0.217. The minimum atomic E-state index is 0.217. The van der Waals surface area contributed by atoms with Gasteiger partial charge in [0.15, 0.2) is 0 Å². The van der Waals surface area contributed by atoms with Crippen molar-refractivity contribution < 1.29 is 0 Å². The maximum absolute atomic E-state index is 9.81. The number of nitrogens with zero attached hydrogens (tertiary/aromatic N) is 3. The first kappa shape index (κ1) is 40.8. The first-order valence-electron chi connectivity index (χ1n) is 22.2. The molecule has 8 aromatic carbocycles. The van der Waals surface area contributed by atoms with Gasteiger partial charge in [-0.25, -0.2) is 0 Å². The van der Waals surface area contributed by atoms with Gasteiger partial charge in [0.25, 0.3) is 0 Å². The summed E-state index contributed by atoms with van der Waals surface area (Å²) in [5, 5.41) is 25.0. The van der Waals surface area contributed by atoms with Crippen molar-refractivity contribution in [2.45, 2.75) is 27.7 Å². The van der Waals surface area contributed by atoms with E-state index in [0.29, 0.717) is 5.56 Å². The van der Waals surface area contributed by atoms with Crippen molar-refractivity contribution in [2.24, 2.45) is 0 Å². The second-order valence-electron chi connectivity index (χ2n) is 16.3. The summed E-state index contributed by atoms with van der Waals surface area (Å²) in [5.41, 5.74) is 14.6. The SMILES string of the molecule is C/C=C\C(=C/C)n1c(C)c(/C=C\C)c2c(-c3ccccc3)c3c(c(-c4ccccc4)c21)c1ccccc1n3-c1ccc(C(=N)N(C(=N)c2cccc3ccccc23)c2ccccc2)cc1. The maximum Gasteiger partial charge on any atom is 0.139 e. The fourth-order valence-corrected chi connectivity index (χ4v) is 9.77. The van der Waals surface area contributed by atoms with Gasteiger partial charge in [-0.2, -0.15) is 0 Å². The smallest absolute Gasteiger partial charge is 0.139 e. The number of hydrogen-bond acceptors (Lipinski definition) is 2. The van der Waals surface area contributed by atoms with E-state index in [0.717, 1.165) is 66.5 Å². The predicted molar refractivity (Wildman–Crippen MR) is 278 cm³/mol. The lowest BCUT2D eigenvalue weighted by Gasteiger charge is -2.27. The van der Waals surface area contributed by atoms with Gasteiger partial charge in [-0.05, 0) is 98.1 Å². The first-order valence-corrected chi connectivity index (χ1v) is 22.2. The largest absolute Gasteiger partial charge is 0.313 e. The third-order valence-electron chi connectivity index (χ3n) is 12.6. The van der Waals surface area contributed by atoms with Gasteiger partial charge in [0, 0.05) is 66.7 Å². The van der Waals surface area contributed by atoms with Crippen LogP contribution in [-0.2, 0) is 0 Å². The summed E-state index contributed by atoms with van der Waals surface area (Å²) in [7, 11) is 0. The zero-order valence-electron chi connectivity index (χ0n) is 37.0. The van der Waals surface area contributed by atoms with Gasteiger partial charge >= 0.3 is 0 Å². The molecule has 65 heavy (non-hydrogen) atoms. The van der Waals surface area contributed by atoms with Gasteiger partial charge in [0.05, 0.1) is 16.6 Å². The van der Waals surface area contributed by atoms with E-state index in [2.05, 4.69) is 176 Å². The summed E-state index contributed by atoms with van der Waals surface area (Å²) < 4.78 is 4.88. The van der Waals surface area contributed by atoms with Crippen LogP contribution in [-0.4, -0.2) is 20.8 Å². The number of aromatic nitrogens is 2. The van der Waals surface area contributed by atoms with Gasteiger partial charge in [0.1, 0.15) is 11.7 Å². The molecule has 314 valence electrons. The lowest BCUT2D eigenvalue weighted by atomic mass is 9.89. The van der Waals surface area contributed by atoms with Crippen molar-refractivity contribution in [3.05, 3.63) is 229 Å². The van der Waals surface area contributed by atoms with Crippen molar-refractivity contribution in [2.75, 3.05) is 4.90 Å². The molecule has 0 aliphatic heterocycles. The van der Waals surface area contributed by atoms with Crippen molar-refractivity contribution >= 4 is 72.6 Å². The van der Waals surface area contributed by atoms with E-state index in [-0.39, 0.29) is 11.7 Å². The first-order chi connectivity index (χ1) is 31.9. The summed E-state index contributed by atoms with van der Waals surface area (Å²) in [6, 6.07) is 62.7. The number of benzene rings is 8. The molecule has 0 amide bonds. The van der Waals surface area contributed by atoms with E-state index in [1.54, 1.807) is 4.90 Å². The molecule has 0 saturated heterocycles. The molecule has 2 N–H and O–H groups in total. The van der Waals surface area contributed by atoms with Crippen LogP contribution in [0.3, 0.4) is 0 Å². The molecule has 0 aliphatic rings. The van der Waals surface area contributed by atoms with E-state index in [9.17, 15) is 10.8 Å². The number of nitrogens with one attached hydrogen (secondary N) is 2. The Morgan fingerprint density at radius 1 is 0.538 bits per heavy atom. The summed E-state index contributed by atoms with van der Waals surface area (Å²) in [6.07, 6.45) is 11.0. The molecule has 5 heteroatoms. The molecule has 0 radical (unpaired) electrons. The Morgan fingerprint density at radius 2 is 1.12 bits per heavy atom. The molecule has 0 bridgehead atoms. The molecular weight excluding hydrogens is 791 g/mol. The highest BCUT2D eigenvalue weighted by Gasteiger charge is 2.30. The van der Waals surface area contributed by atoms with Crippen molar-refractivity contribution in [3.63, 3.8) is 0 Å². The van der Waals surface area contributed by atoms with Crippen LogP contribution in [0.5, 0.6) is 0 Å². The van der Waals surface area contributed by atoms with Crippen LogP contribution >= 0.6 is 0 Å². The number of allylic oxidation sites excluding steroid dienone is 5. The van der Waals surface area contributed by atoms with Crippen molar-refractivity contribution in [1.29, 1.82) is 10.8 Å². The summed E-state index contributed by atoms with van der Waals surface area (Å²) >= 11 is 0. The van der Waals surface area contributed by atoms with E-state index in [1.807, 2.05) is 72.8 Å². The molecule has 10 aromatic rings. The monoisotopic (exact) mass is 839 g/mol. The highest BCUT2D eigenvalue weighted by molar-refractivity contribution is 6.31. The van der Waals surface area contributed by atoms with E-state index in [4.69, 9.17) is 0 Å². The molecule has 2 aromatic heterocycles. The average Bonchev–Trinajstić information content (AvgIpc) is 3.84. The third-order valence-corrected chi connectivity index (χ3v) is 12.6. The molecular formula is C60H49N5. The average molecular weight is 840 g/mol. The fourth-order valence-electron chi connectivity index (χ4n) is 9.77. The Balaban J connectivity index is 1.27. The highest BCUT2D eigenvalue weighted by atomic mass is 15.2. The molecule has 0 saturated carbocycles. The van der Waals surface area contributed by atoms with Gasteiger partial charge < -0.3 is 9.13 Å². The Labute approximate surface area is 380 Å². The van der Waals surface area contributed by atoms with Crippen LogP contribution in [0.25, 0.3) is 83.2 Å². The minimum Gasteiger partial charge on any atom is -0.313 e. The predicted octanol–water partition coefficient (Wildman–Crippen LogP) is 15.9. The summed E-state index contributed by atoms with van der Waals surface area (Å²) in [5.74, 6) is 0.457. The summed E-state index contributed by atoms with van der Waals surface area (Å²) in [4.78, 5) is 1.75. The molecule has 2 heterocycles. The van der Waals surface area contributed by atoms with Crippen LogP contribution in [0.15, 0.2) is 206 Å². The summed E-state index contributed by atoms with van der Waals surface area (Å²) in [6.45, 7) is 8.55. The van der Waals surface area contributed by atoms with Crippen molar-refractivity contribution in [3.8, 4) is 27.9 Å². The quantitative estimate of drug-likeness (QED) is 0.0849. The van der Waals surface area contributed by atoms with Crippen molar-refractivity contribution in [1.82, 2.24) is 9.13 Å². The van der Waals surface area contributed by atoms with Crippen LogP contribution < -0.4 is 4.90 Å². The topological polar surface area (TPSA) is 60.8 Å². The van der Waals surface area contributed by atoms with Crippen LogP contribution in [0.1, 0.15) is 43.2 Å². The van der Waals surface area contributed by atoms with Crippen LogP contribution in [0.4, 0.5) is 5.69 Å². The third kappa shape index (κ3) is 6.80. The Kier molecular flexibility index (Phi) is 10.7. The molecule has 0 unspecified atom stereocenters. The number of amidine groups is 2. The lowest BCUT2D eigenvalue weighted by Crippen LogP contribution is -2.37. The Morgan fingerprint density at radius 3 is 1.77 bits per heavy atom. The van der Waals surface area contributed by atoms with Crippen LogP contribution in [0.2, 0.25) is 0 Å². The fraction of sp³-hybridized carbons (Fsp3) is 0.0667. The molecule has 0 atom stereocenters. The standard InChI is InChI=1S/C60H49N5/c1-5-22-45(7-3)63-40(4)48(23-6-2)55-53(42-25-11-8-12-26-42)58-56(54(57(55)63)43-27-13-9-14-28-43)51-33-19-20-35-52(51)64(58)47-38-36-44(37-39-47)59(61)65(46-30-15-10-16-31-46)60(62)50-34-21-29-41-24-17-18-32-49(41)50/h5-39,61-62H,1-4H3/b22-5-,23-6-,45-7+,61-59?,62-60?. The highest BCUT2D eigenvalue weighted by Crippen LogP contribution is 2.51. The Hall–Kier alpha value is -8.28. The molecule has 10 rings (SSSR count). The second kappa shape index (κ2) is 17.1. The zero-order chi connectivity index (χ0) is 44.6. The van der Waals surface area contributed by atoms with Gasteiger partial charge in [-0.3, -0.25) is 15.7 Å². The number of para-hydroxylation sites is 2. The van der Waals surface area contributed by atoms with E-state index >= 15 is 0 Å². The molecule has 0 fully saturated rings. The number of fused-ring (bicyclic) bond motifs is 5. The van der Waals surface area contributed by atoms with E-state index in [1.165, 1.54) is 33.1 Å². The lowest BCUT2D eigenvalue weighted by molar-refractivity contribution is 1.09. The normalized spacial score (nSPS) is 12.1. The van der Waals surface area contributed by atoms with Gasteiger partial charge in [0.2, 0.25) is 0 Å². The number of rotatable bonds is 9. The maximum atomic E-state index is 9.81. The molecule has 0 aliphatic carbocycles. The molecule has 0 spiro atoms. The Bertz CT molecular complexity index is 3530. The van der Waals surface area contributed by atoms with E-state index < -0.39 is 0 Å². The van der Waals surface area contributed by atoms with Gasteiger partial charge in [-0.1, -0.05) is 164 Å². The number of anilines is 1. The van der Waals surface area contributed by atoms with Crippen LogP contribution in [0, 0.1) is 17.7 Å². The molecule has 5 nitrogen and oxygen atoms in total. The zero-order valence-corrected chi connectivity index (χ0v) is 37.0. The number of hydrogen-bond donors (Lipinski definition) is 2.